The van der Waals surface area contributed by atoms with Crippen LogP contribution in [0.1, 0.15) is 29.6 Å². The van der Waals surface area contributed by atoms with E-state index >= 15 is 0 Å². The zero-order valence-corrected chi connectivity index (χ0v) is 12.7. The number of rotatable bonds is 3. The summed E-state index contributed by atoms with van der Waals surface area (Å²) >= 11 is 0. The molecule has 0 bridgehead atoms. The Morgan fingerprint density at radius 3 is 2.87 bits per heavy atom. The number of H-pyrrole nitrogens is 1. The molecule has 0 aliphatic heterocycles. The number of hydrogen-bond acceptors (Lipinski definition) is 3. The van der Waals surface area contributed by atoms with E-state index in [0.29, 0.717) is 6.42 Å². The Balaban J connectivity index is 1.63. The van der Waals surface area contributed by atoms with Crippen LogP contribution in [0, 0.1) is 0 Å². The van der Waals surface area contributed by atoms with E-state index < -0.39 is 0 Å². The number of fused-ring (bicyclic) bond motifs is 2. The summed E-state index contributed by atoms with van der Waals surface area (Å²) in [6, 6.07) is 15.6. The smallest absolute Gasteiger partial charge is 0.249 e. The first-order valence-electron chi connectivity index (χ1n) is 7.63. The third kappa shape index (κ3) is 2.30. The lowest BCUT2D eigenvalue weighted by molar-refractivity contribution is 0.0882. The number of carbonyl (C=O) groups is 1. The normalized spacial score (nSPS) is 12.7. The molecule has 2 aromatic heterocycles. The van der Waals surface area contributed by atoms with Gasteiger partial charge in [0.1, 0.15) is 5.52 Å². The molecule has 1 N–H and O–H groups in total. The topological polar surface area (TPSA) is 63.6 Å². The predicted octanol–water partition coefficient (Wildman–Crippen LogP) is 3.75. The third-order valence-electron chi connectivity index (χ3n) is 4.22. The lowest BCUT2D eigenvalue weighted by Gasteiger charge is -2.10. The van der Waals surface area contributed by atoms with Gasteiger partial charge >= 0.3 is 0 Å². The summed E-state index contributed by atoms with van der Waals surface area (Å²) in [7, 11) is 0. The molecule has 114 valence electrons. The number of carbonyl (C=O) groups excluding carboxylic acids is 1. The van der Waals surface area contributed by atoms with Crippen LogP contribution >= 0.6 is 0 Å². The molecule has 4 aromatic rings. The van der Waals surface area contributed by atoms with Gasteiger partial charge in [0.2, 0.25) is 5.91 Å². The van der Waals surface area contributed by atoms with Gasteiger partial charge in [0.05, 0.1) is 5.52 Å². The van der Waals surface area contributed by atoms with E-state index in [9.17, 15) is 4.79 Å². The maximum Gasteiger partial charge on any atom is 0.249 e. The number of nitrogens with one attached hydrogen (secondary N) is 1. The van der Waals surface area contributed by atoms with Gasteiger partial charge in [0.15, 0.2) is 0 Å². The van der Waals surface area contributed by atoms with E-state index in [-0.39, 0.29) is 11.8 Å². The highest BCUT2D eigenvalue weighted by Crippen LogP contribution is 2.28. The van der Waals surface area contributed by atoms with Crippen LogP contribution in [0.5, 0.6) is 0 Å². The number of aromatic amines is 1. The first-order chi connectivity index (χ1) is 11.2. The number of benzene rings is 2. The van der Waals surface area contributed by atoms with Gasteiger partial charge in [0, 0.05) is 23.5 Å². The molecule has 0 radical (unpaired) electrons. The van der Waals surface area contributed by atoms with Crippen molar-refractivity contribution in [3.8, 4) is 0 Å². The molecule has 0 fully saturated rings. The van der Waals surface area contributed by atoms with E-state index in [1.807, 2.05) is 48.7 Å². The van der Waals surface area contributed by atoms with Gasteiger partial charge in [-0.3, -0.25) is 4.79 Å². The molecule has 0 saturated heterocycles. The van der Waals surface area contributed by atoms with Gasteiger partial charge in [0.25, 0.3) is 0 Å². The van der Waals surface area contributed by atoms with Crippen molar-refractivity contribution in [2.24, 2.45) is 0 Å². The summed E-state index contributed by atoms with van der Waals surface area (Å²) in [5, 5.41) is 9.21. The Bertz CT molecular complexity index is 998. The molecule has 4 rings (SSSR count). The van der Waals surface area contributed by atoms with Gasteiger partial charge < -0.3 is 4.98 Å². The van der Waals surface area contributed by atoms with Crippen molar-refractivity contribution in [1.29, 1.82) is 0 Å². The average Bonchev–Trinajstić information content (AvgIpc) is 3.19. The van der Waals surface area contributed by atoms with Crippen LogP contribution in [0.3, 0.4) is 0 Å². The maximum atomic E-state index is 12.6. The quantitative estimate of drug-likeness (QED) is 0.627. The Hall–Kier alpha value is -2.95. The van der Waals surface area contributed by atoms with Gasteiger partial charge in [-0.25, -0.2) is 0 Å². The van der Waals surface area contributed by atoms with E-state index in [1.54, 1.807) is 0 Å². The molecule has 0 aliphatic rings. The van der Waals surface area contributed by atoms with Gasteiger partial charge in [-0.15, -0.1) is 5.10 Å². The highest BCUT2D eigenvalue weighted by atomic mass is 16.2. The standard InChI is InChI=1S/C18H16N4O/c1-12(14-11-19-15-7-3-2-6-13(14)15)10-18(23)22-17-9-5-4-8-16(17)20-21-22/h2-9,11-12,19H,10H2,1H3. The van der Waals surface area contributed by atoms with E-state index in [2.05, 4.69) is 28.3 Å². The van der Waals surface area contributed by atoms with Crippen molar-refractivity contribution in [1.82, 2.24) is 20.0 Å². The molecule has 0 spiro atoms. The molecule has 23 heavy (non-hydrogen) atoms. The van der Waals surface area contributed by atoms with E-state index in [4.69, 9.17) is 0 Å². The van der Waals surface area contributed by atoms with Crippen molar-refractivity contribution in [2.45, 2.75) is 19.3 Å². The minimum absolute atomic E-state index is 0.0449. The van der Waals surface area contributed by atoms with Crippen molar-refractivity contribution >= 4 is 27.8 Å². The lowest BCUT2D eigenvalue weighted by atomic mass is 9.97. The molecule has 2 aromatic carbocycles. The SMILES string of the molecule is CC(CC(=O)n1nnc2ccccc21)c1c[nH]c2ccccc12. The van der Waals surface area contributed by atoms with Crippen LogP contribution in [-0.4, -0.2) is 25.9 Å². The monoisotopic (exact) mass is 304 g/mol. The van der Waals surface area contributed by atoms with Crippen molar-refractivity contribution in [2.75, 3.05) is 0 Å². The number of aromatic nitrogens is 4. The fourth-order valence-electron chi connectivity index (χ4n) is 3.01. The Morgan fingerprint density at radius 2 is 1.96 bits per heavy atom. The first-order valence-corrected chi connectivity index (χ1v) is 7.63. The molecule has 5 heteroatoms. The molecule has 0 saturated carbocycles. The minimum atomic E-state index is -0.0449. The lowest BCUT2D eigenvalue weighted by Crippen LogP contribution is -2.15. The van der Waals surface area contributed by atoms with Crippen molar-refractivity contribution < 1.29 is 4.79 Å². The molecular formula is C18H16N4O. The fourth-order valence-corrected chi connectivity index (χ4v) is 3.01. The largest absolute Gasteiger partial charge is 0.361 e. The fraction of sp³-hybridized carbons (Fsp3) is 0.167. The molecule has 1 unspecified atom stereocenters. The third-order valence-corrected chi connectivity index (χ3v) is 4.22. The Morgan fingerprint density at radius 1 is 1.17 bits per heavy atom. The van der Waals surface area contributed by atoms with Gasteiger partial charge in [-0.05, 0) is 29.7 Å². The van der Waals surface area contributed by atoms with Gasteiger partial charge in [-0.2, -0.15) is 4.68 Å². The molecule has 0 amide bonds. The second kappa shape index (κ2) is 5.35. The molecule has 1 atom stereocenters. The zero-order chi connectivity index (χ0) is 15.8. The second-order valence-electron chi connectivity index (χ2n) is 5.78. The average molecular weight is 304 g/mol. The van der Waals surface area contributed by atoms with E-state index in [1.165, 1.54) is 4.68 Å². The minimum Gasteiger partial charge on any atom is -0.361 e. The summed E-state index contributed by atoms with van der Waals surface area (Å²) in [5.41, 5.74) is 3.73. The number of hydrogen-bond donors (Lipinski definition) is 1. The molecule has 5 nitrogen and oxygen atoms in total. The number of para-hydroxylation sites is 2. The van der Waals surface area contributed by atoms with Crippen LogP contribution in [0.2, 0.25) is 0 Å². The van der Waals surface area contributed by atoms with Crippen LogP contribution < -0.4 is 0 Å². The summed E-state index contributed by atoms with van der Waals surface area (Å²) in [6.45, 7) is 2.06. The Labute approximate surface area is 132 Å². The van der Waals surface area contributed by atoms with Crippen LogP contribution in [0.4, 0.5) is 0 Å². The maximum absolute atomic E-state index is 12.6. The summed E-state index contributed by atoms with van der Waals surface area (Å²) in [4.78, 5) is 15.9. The van der Waals surface area contributed by atoms with Crippen molar-refractivity contribution in [3.63, 3.8) is 0 Å². The first kappa shape index (κ1) is 13.7. The van der Waals surface area contributed by atoms with Crippen LogP contribution in [0.25, 0.3) is 21.9 Å². The zero-order valence-electron chi connectivity index (χ0n) is 12.7. The highest BCUT2D eigenvalue weighted by molar-refractivity contribution is 5.90. The Kier molecular flexibility index (Phi) is 3.19. The summed E-state index contributed by atoms with van der Waals surface area (Å²) in [6.07, 6.45) is 2.37. The highest BCUT2D eigenvalue weighted by Gasteiger charge is 2.18. The van der Waals surface area contributed by atoms with Crippen molar-refractivity contribution in [3.05, 3.63) is 60.3 Å². The van der Waals surface area contributed by atoms with E-state index in [0.717, 1.165) is 27.5 Å². The second-order valence-corrected chi connectivity index (χ2v) is 5.78. The summed E-state index contributed by atoms with van der Waals surface area (Å²) in [5.74, 6) is 0.0538. The molecule has 2 heterocycles. The van der Waals surface area contributed by atoms with Crippen LogP contribution in [0.15, 0.2) is 54.7 Å². The summed E-state index contributed by atoms with van der Waals surface area (Å²) < 4.78 is 1.40. The molecular weight excluding hydrogens is 288 g/mol. The molecule has 0 aliphatic carbocycles. The number of nitrogens with zero attached hydrogens (tertiary/aromatic N) is 3. The van der Waals surface area contributed by atoms with Gasteiger partial charge in [-0.1, -0.05) is 42.5 Å². The predicted molar refractivity (Wildman–Crippen MR) is 89.5 cm³/mol. The van der Waals surface area contributed by atoms with Crippen LogP contribution in [-0.2, 0) is 0 Å².